The number of fused-ring (bicyclic) bond motifs is 1. The van der Waals surface area contributed by atoms with E-state index in [1.807, 2.05) is 54.7 Å². The van der Waals surface area contributed by atoms with Crippen molar-refractivity contribution < 1.29 is 9.53 Å². The Kier molecular flexibility index (Phi) is 6.00. The van der Waals surface area contributed by atoms with Crippen LogP contribution < -0.4 is 4.74 Å². The average molecular weight is 395 g/mol. The van der Waals surface area contributed by atoms with Gasteiger partial charge in [-0.15, -0.1) is 12.4 Å². The van der Waals surface area contributed by atoms with Crippen LogP contribution in [0.2, 0.25) is 0 Å². The van der Waals surface area contributed by atoms with E-state index in [1.54, 1.807) is 7.11 Å². The number of hydrogen-bond acceptors (Lipinski definition) is 4. The smallest absolute Gasteiger partial charge is 0.169 e. The van der Waals surface area contributed by atoms with Crippen molar-refractivity contribution in [2.75, 3.05) is 20.2 Å². The molecule has 2 aromatic rings. The number of allylic oxidation sites excluding steroid dienone is 2. The summed E-state index contributed by atoms with van der Waals surface area (Å²) < 4.78 is 5.20. The number of ketones is 1. The molecule has 5 heteroatoms. The van der Waals surface area contributed by atoms with Crippen molar-refractivity contribution in [1.82, 2.24) is 4.90 Å². The minimum absolute atomic E-state index is 0. The minimum atomic E-state index is -0.114. The van der Waals surface area contributed by atoms with Gasteiger partial charge in [0.25, 0.3) is 0 Å². The summed E-state index contributed by atoms with van der Waals surface area (Å²) in [7, 11) is 1.66. The summed E-state index contributed by atoms with van der Waals surface area (Å²) >= 11 is 0. The van der Waals surface area contributed by atoms with E-state index in [1.165, 1.54) is 5.57 Å². The second-order valence-corrected chi connectivity index (χ2v) is 6.92. The van der Waals surface area contributed by atoms with Crippen LogP contribution in [0.25, 0.3) is 11.1 Å². The first kappa shape index (κ1) is 19.9. The lowest BCUT2D eigenvalue weighted by atomic mass is 9.94. The van der Waals surface area contributed by atoms with Crippen LogP contribution in [0.4, 0.5) is 0 Å². The maximum atomic E-state index is 12.9. The van der Waals surface area contributed by atoms with Gasteiger partial charge in [0.05, 0.1) is 19.6 Å². The predicted octanol–water partition coefficient (Wildman–Crippen LogP) is 4.77. The van der Waals surface area contributed by atoms with Gasteiger partial charge in [-0.05, 0) is 47.9 Å². The molecule has 0 bridgehead atoms. The van der Waals surface area contributed by atoms with Gasteiger partial charge in [0, 0.05) is 18.3 Å². The van der Waals surface area contributed by atoms with E-state index in [4.69, 9.17) is 4.74 Å². The first-order valence-electron chi connectivity index (χ1n) is 9.10. The van der Waals surface area contributed by atoms with Gasteiger partial charge in [0.15, 0.2) is 5.78 Å². The number of carbonyl (C=O) groups is 1. The fourth-order valence-corrected chi connectivity index (χ4v) is 3.42. The third-order valence-corrected chi connectivity index (χ3v) is 5.02. The Morgan fingerprint density at radius 2 is 1.71 bits per heavy atom. The molecule has 0 radical (unpaired) electrons. The molecule has 2 aliphatic rings. The zero-order chi connectivity index (χ0) is 18.8. The molecule has 0 aliphatic carbocycles. The van der Waals surface area contributed by atoms with Crippen LogP contribution in [0.15, 0.2) is 77.4 Å². The molecular weight excluding hydrogens is 372 g/mol. The Bertz CT molecular complexity index is 944. The lowest BCUT2D eigenvalue weighted by molar-refractivity contribution is 0.0909. The lowest BCUT2D eigenvalue weighted by Crippen LogP contribution is -2.40. The van der Waals surface area contributed by atoms with Gasteiger partial charge in [-0.2, -0.15) is 0 Å². The number of halogens is 1. The molecule has 0 fully saturated rings. The summed E-state index contributed by atoms with van der Waals surface area (Å²) in [5.41, 5.74) is 4.10. The van der Waals surface area contributed by atoms with Gasteiger partial charge in [-0.25, -0.2) is 0 Å². The predicted molar refractivity (Wildman–Crippen MR) is 115 cm³/mol. The van der Waals surface area contributed by atoms with E-state index < -0.39 is 0 Å². The van der Waals surface area contributed by atoms with E-state index in [-0.39, 0.29) is 24.1 Å². The molecular formula is C23H23ClN2O2. The van der Waals surface area contributed by atoms with Gasteiger partial charge >= 0.3 is 0 Å². The number of rotatable bonds is 4. The Balaban J connectivity index is 0.00000225. The number of carbonyl (C=O) groups excluding carboxylic acids is 1. The van der Waals surface area contributed by atoms with Crippen molar-refractivity contribution >= 4 is 24.0 Å². The maximum Gasteiger partial charge on any atom is 0.169 e. The molecule has 1 atom stereocenters. The molecule has 0 aromatic heterocycles. The molecule has 0 amide bonds. The van der Waals surface area contributed by atoms with Crippen LogP contribution in [0, 0.1) is 5.92 Å². The standard InChI is InChI=1S/C23H22N2O2.ClH/c1-16-11-12-25-15-20(14-24-22(25)13-16)23(26)19-5-3-17(4-6-19)18-7-9-21(27-2)10-8-18;/h3-13,20H,14-15H2,1-2H3;1H. The van der Waals surface area contributed by atoms with Crippen LogP contribution in [-0.4, -0.2) is 36.7 Å². The molecule has 1 unspecified atom stereocenters. The van der Waals surface area contributed by atoms with Gasteiger partial charge in [0.2, 0.25) is 0 Å². The van der Waals surface area contributed by atoms with E-state index in [9.17, 15) is 4.79 Å². The van der Waals surface area contributed by atoms with Crippen molar-refractivity contribution in [2.24, 2.45) is 10.9 Å². The van der Waals surface area contributed by atoms with Crippen molar-refractivity contribution in [3.63, 3.8) is 0 Å². The van der Waals surface area contributed by atoms with Crippen molar-refractivity contribution in [1.29, 1.82) is 0 Å². The molecule has 28 heavy (non-hydrogen) atoms. The van der Waals surface area contributed by atoms with E-state index in [0.717, 1.165) is 28.3 Å². The Morgan fingerprint density at radius 3 is 2.36 bits per heavy atom. The number of ether oxygens (including phenoxy) is 1. The highest BCUT2D eigenvalue weighted by atomic mass is 35.5. The number of benzene rings is 2. The van der Waals surface area contributed by atoms with Gasteiger partial charge in [0.1, 0.15) is 11.6 Å². The molecule has 2 heterocycles. The normalized spacial score (nSPS) is 17.8. The molecule has 144 valence electrons. The van der Waals surface area contributed by atoms with Gasteiger partial charge in [-0.1, -0.05) is 36.4 Å². The number of hydrogen-bond donors (Lipinski definition) is 0. The minimum Gasteiger partial charge on any atom is -0.497 e. The maximum absolute atomic E-state index is 12.9. The monoisotopic (exact) mass is 394 g/mol. The summed E-state index contributed by atoms with van der Waals surface area (Å²) in [6.07, 6.45) is 6.13. The van der Waals surface area contributed by atoms with Gasteiger partial charge in [-0.3, -0.25) is 9.79 Å². The first-order chi connectivity index (χ1) is 13.1. The third kappa shape index (κ3) is 4.02. The Hall–Kier alpha value is -2.85. The van der Waals surface area contributed by atoms with Crippen LogP contribution >= 0.6 is 12.4 Å². The molecule has 0 spiro atoms. The summed E-state index contributed by atoms with van der Waals surface area (Å²) in [6, 6.07) is 15.7. The quantitative estimate of drug-likeness (QED) is 0.701. The SMILES string of the molecule is COc1ccc(-c2ccc(C(=O)C3CN=C4C=C(C)C=CN4C3)cc2)cc1.Cl. The second-order valence-electron chi connectivity index (χ2n) is 6.92. The lowest BCUT2D eigenvalue weighted by Gasteiger charge is -2.31. The average Bonchev–Trinajstić information content (AvgIpc) is 2.73. The van der Waals surface area contributed by atoms with E-state index >= 15 is 0 Å². The topological polar surface area (TPSA) is 41.9 Å². The van der Waals surface area contributed by atoms with Crippen LogP contribution in [0.3, 0.4) is 0 Å². The molecule has 0 N–H and O–H groups in total. The first-order valence-corrected chi connectivity index (χ1v) is 9.10. The van der Waals surface area contributed by atoms with Crippen molar-refractivity contribution in [2.45, 2.75) is 6.92 Å². The number of aliphatic imine (C=N–C) groups is 1. The molecule has 4 nitrogen and oxygen atoms in total. The van der Waals surface area contributed by atoms with Crippen molar-refractivity contribution in [3.05, 3.63) is 78.0 Å². The van der Waals surface area contributed by atoms with Crippen molar-refractivity contribution in [3.8, 4) is 16.9 Å². The molecule has 0 saturated carbocycles. The number of methoxy groups -OCH3 is 1. The molecule has 2 aliphatic heterocycles. The highest BCUT2D eigenvalue weighted by Crippen LogP contribution is 2.24. The summed E-state index contributed by atoms with van der Waals surface area (Å²) in [4.78, 5) is 19.6. The number of nitrogens with zero attached hydrogens (tertiary/aromatic N) is 2. The van der Waals surface area contributed by atoms with Crippen LogP contribution in [-0.2, 0) is 0 Å². The fourth-order valence-electron chi connectivity index (χ4n) is 3.42. The highest BCUT2D eigenvalue weighted by Gasteiger charge is 2.27. The van der Waals surface area contributed by atoms with Crippen LogP contribution in [0.1, 0.15) is 17.3 Å². The Morgan fingerprint density at radius 1 is 1.07 bits per heavy atom. The highest BCUT2D eigenvalue weighted by molar-refractivity contribution is 6.01. The zero-order valence-electron chi connectivity index (χ0n) is 16.0. The zero-order valence-corrected chi connectivity index (χ0v) is 16.8. The number of amidine groups is 1. The fraction of sp³-hybridized carbons (Fsp3) is 0.217. The molecule has 2 aromatic carbocycles. The summed E-state index contributed by atoms with van der Waals surface area (Å²) in [5.74, 6) is 1.82. The van der Waals surface area contributed by atoms with E-state index in [0.29, 0.717) is 13.1 Å². The Labute approximate surface area is 171 Å². The second kappa shape index (κ2) is 8.44. The largest absolute Gasteiger partial charge is 0.497 e. The number of Topliss-reactive ketones (excluding diaryl/α,β-unsaturated/α-hetero) is 1. The summed E-state index contributed by atoms with van der Waals surface area (Å²) in [6.45, 7) is 3.28. The van der Waals surface area contributed by atoms with Crippen LogP contribution in [0.5, 0.6) is 5.75 Å². The molecule has 0 saturated heterocycles. The van der Waals surface area contributed by atoms with E-state index in [2.05, 4.69) is 29.0 Å². The van der Waals surface area contributed by atoms with Gasteiger partial charge < -0.3 is 9.64 Å². The molecule has 4 rings (SSSR count). The third-order valence-electron chi connectivity index (χ3n) is 5.02. The summed E-state index contributed by atoms with van der Waals surface area (Å²) in [5, 5.41) is 0.